The van der Waals surface area contributed by atoms with Gasteiger partial charge in [-0.2, -0.15) is 10.1 Å². The number of para-hydroxylation sites is 1. The molecule has 1 amide bonds. The van der Waals surface area contributed by atoms with Crippen LogP contribution in [0, 0.1) is 0 Å². The smallest absolute Gasteiger partial charge is 0.286 e. The molecule has 0 unspecified atom stereocenters. The second-order valence-corrected chi connectivity index (χ2v) is 7.92. The highest BCUT2D eigenvalue weighted by Gasteiger charge is 2.32. The van der Waals surface area contributed by atoms with Gasteiger partial charge in [0.05, 0.1) is 18.2 Å². The molecule has 1 heterocycles. The summed E-state index contributed by atoms with van der Waals surface area (Å²) >= 11 is 6.59. The molecule has 0 atom stereocenters. The van der Waals surface area contributed by atoms with E-state index in [0.29, 0.717) is 15.0 Å². The Morgan fingerprint density at radius 2 is 1.83 bits per heavy atom. The van der Waals surface area contributed by atoms with E-state index in [9.17, 15) is 4.79 Å². The molecule has 2 aromatic carbocycles. The van der Waals surface area contributed by atoms with Gasteiger partial charge in [0.1, 0.15) is 5.75 Å². The first kappa shape index (κ1) is 21.1. The Morgan fingerprint density at radius 3 is 2.48 bits per heavy atom. The van der Waals surface area contributed by atoms with Crippen LogP contribution >= 0.6 is 24.0 Å². The van der Waals surface area contributed by atoms with Gasteiger partial charge in [0.15, 0.2) is 4.32 Å². The zero-order valence-electron chi connectivity index (χ0n) is 16.7. The lowest BCUT2D eigenvalue weighted by atomic mass is 10.2. The number of rotatable bonds is 7. The average Bonchev–Trinajstić information content (AvgIpc) is 3.01. The number of carbonyl (C=O) groups is 1. The van der Waals surface area contributed by atoms with Gasteiger partial charge < -0.3 is 9.64 Å². The van der Waals surface area contributed by atoms with E-state index in [1.807, 2.05) is 36.4 Å². The Kier molecular flexibility index (Phi) is 7.06. The molecule has 3 rings (SSSR count). The van der Waals surface area contributed by atoms with Gasteiger partial charge in [-0.05, 0) is 55.9 Å². The highest BCUT2D eigenvalue weighted by molar-refractivity contribution is 8.26. The molecule has 0 saturated carbocycles. The maximum atomic E-state index is 12.8. The topological polar surface area (TPSA) is 45.1 Å². The lowest BCUT2D eigenvalue weighted by Crippen LogP contribution is -2.22. The SMILES string of the molecule is CCN(CC)c1ccc(C=NN2C(=O)C(=Cc3ccccc3OC)SC2=S)cc1. The average molecular weight is 426 g/mol. The maximum absolute atomic E-state index is 12.8. The van der Waals surface area contributed by atoms with E-state index in [-0.39, 0.29) is 5.91 Å². The number of hydrogen-bond acceptors (Lipinski definition) is 6. The summed E-state index contributed by atoms with van der Waals surface area (Å²) in [6.07, 6.45) is 3.44. The summed E-state index contributed by atoms with van der Waals surface area (Å²) in [4.78, 5) is 15.5. The van der Waals surface area contributed by atoms with Gasteiger partial charge in [-0.25, -0.2) is 0 Å². The number of thiocarbonyl (C=S) groups is 1. The molecule has 1 aliphatic heterocycles. The first-order chi connectivity index (χ1) is 14.1. The van der Waals surface area contributed by atoms with Crippen LogP contribution in [0.5, 0.6) is 5.75 Å². The first-order valence-electron chi connectivity index (χ1n) is 9.37. The zero-order chi connectivity index (χ0) is 20.8. The van der Waals surface area contributed by atoms with Crippen LogP contribution < -0.4 is 9.64 Å². The van der Waals surface area contributed by atoms with E-state index in [1.54, 1.807) is 19.4 Å². The molecule has 0 aromatic heterocycles. The summed E-state index contributed by atoms with van der Waals surface area (Å²) in [5, 5.41) is 5.58. The molecule has 1 fully saturated rings. The van der Waals surface area contributed by atoms with Gasteiger partial charge in [0.25, 0.3) is 5.91 Å². The number of anilines is 1. The molecule has 150 valence electrons. The minimum absolute atomic E-state index is 0.234. The minimum atomic E-state index is -0.234. The number of nitrogens with zero attached hydrogens (tertiary/aromatic N) is 3. The summed E-state index contributed by atoms with van der Waals surface area (Å²) < 4.78 is 5.76. The normalized spacial score (nSPS) is 15.6. The van der Waals surface area contributed by atoms with Gasteiger partial charge >= 0.3 is 0 Å². The largest absolute Gasteiger partial charge is 0.496 e. The first-order valence-corrected chi connectivity index (χ1v) is 10.6. The number of amides is 1. The number of ether oxygens (including phenoxy) is 1. The molecule has 2 aromatic rings. The van der Waals surface area contributed by atoms with Gasteiger partial charge in [-0.3, -0.25) is 4.79 Å². The summed E-state index contributed by atoms with van der Waals surface area (Å²) in [6, 6.07) is 15.6. The molecule has 0 bridgehead atoms. The molecule has 7 heteroatoms. The lowest BCUT2D eigenvalue weighted by Gasteiger charge is -2.20. The third kappa shape index (κ3) is 4.86. The maximum Gasteiger partial charge on any atom is 0.286 e. The van der Waals surface area contributed by atoms with E-state index < -0.39 is 0 Å². The van der Waals surface area contributed by atoms with Crippen LogP contribution in [-0.4, -0.2) is 41.7 Å². The van der Waals surface area contributed by atoms with Crippen molar-refractivity contribution in [3.05, 3.63) is 64.6 Å². The van der Waals surface area contributed by atoms with E-state index in [0.717, 1.165) is 29.9 Å². The van der Waals surface area contributed by atoms with Crippen LogP contribution in [0.2, 0.25) is 0 Å². The number of carbonyl (C=O) groups excluding carboxylic acids is 1. The summed E-state index contributed by atoms with van der Waals surface area (Å²) in [7, 11) is 1.60. The summed E-state index contributed by atoms with van der Waals surface area (Å²) in [5.41, 5.74) is 2.90. The van der Waals surface area contributed by atoms with Crippen LogP contribution in [0.15, 0.2) is 58.5 Å². The van der Waals surface area contributed by atoms with Crippen molar-refractivity contribution < 1.29 is 9.53 Å². The van der Waals surface area contributed by atoms with E-state index in [1.165, 1.54) is 16.8 Å². The highest BCUT2D eigenvalue weighted by Crippen LogP contribution is 2.34. The van der Waals surface area contributed by atoms with Crippen molar-refractivity contribution >= 4 is 52.2 Å². The second-order valence-electron chi connectivity index (χ2n) is 6.24. The number of benzene rings is 2. The van der Waals surface area contributed by atoms with Crippen LogP contribution in [0.25, 0.3) is 6.08 Å². The van der Waals surface area contributed by atoms with Crippen LogP contribution in [0.3, 0.4) is 0 Å². The molecular formula is C22H23N3O2S2. The zero-order valence-corrected chi connectivity index (χ0v) is 18.3. The minimum Gasteiger partial charge on any atom is -0.496 e. The third-order valence-corrected chi connectivity index (χ3v) is 5.83. The van der Waals surface area contributed by atoms with Gasteiger partial charge in [-0.1, -0.05) is 42.1 Å². The van der Waals surface area contributed by atoms with Crippen molar-refractivity contribution in [1.29, 1.82) is 0 Å². The number of hydrogen-bond donors (Lipinski definition) is 0. The monoisotopic (exact) mass is 425 g/mol. The molecule has 1 saturated heterocycles. The molecule has 0 aliphatic carbocycles. The number of thioether (sulfide) groups is 1. The number of methoxy groups -OCH3 is 1. The summed E-state index contributed by atoms with van der Waals surface area (Å²) in [6.45, 7) is 6.18. The van der Waals surface area contributed by atoms with Crippen LogP contribution in [0.4, 0.5) is 5.69 Å². The van der Waals surface area contributed by atoms with E-state index >= 15 is 0 Å². The molecule has 29 heavy (non-hydrogen) atoms. The highest BCUT2D eigenvalue weighted by atomic mass is 32.2. The molecule has 0 N–H and O–H groups in total. The van der Waals surface area contributed by atoms with Crippen molar-refractivity contribution in [2.45, 2.75) is 13.8 Å². The standard InChI is InChI=1S/C22H23N3O2S2/c1-4-24(5-2)18-12-10-16(11-13-18)15-23-25-21(26)20(29-22(25)28)14-17-8-6-7-9-19(17)27-3/h6-15H,4-5H2,1-3H3. The fraction of sp³-hybridized carbons (Fsp3) is 0.227. The van der Waals surface area contributed by atoms with Crippen molar-refractivity contribution in [2.24, 2.45) is 5.10 Å². The van der Waals surface area contributed by atoms with Crippen LogP contribution in [-0.2, 0) is 4.79 Å². The molecule has 0 spiro atoms. The molecule has 1 aliphatic rings. The van der Waals surface area contributed by atoms with Crippen molar-refractivity contribution in [2.75, 3.05) is 25.1 Å². The second kappa shape index (κ2) is 9.71. The predicted molar refractivity (Wildman–Crippen MR) is 126 cm³/mol. The Labute approximate surface area is 181 Å². The van der Waals surface area contributed by atoms with Gasteiger partial charge in [-0.15, -0.1) is 0 Å². The fourth-order valence-corrected chi connectivity index (χ4v) is 4.13. The van der Waals surface area contributed by atoms with Gasteiger partial charge in [0.2, 0.25) is 0 Å². The van der Waals surface area contributed by atoms with Gasteiger partial charge in [0, 0.05) is 24.3 Å². The molecule has 0 radical (unpaired) electrons. The van der Waals surface area contributed by atoms with Crippen molar-refractivity contribution in [3.8, 4) is 5.75 Å². The Morgan fingerprint density at radius 1 is 1.14 bits per heavy atom. The lowest BCUT2D eigenvalue weighted by molar-refractivity contribution is -0.122. The number of hydrazone groups is 1. The fourth-order valence-electron chi connectivity index (χ4n) is 2.97. The Bertz CT molecular complexity index is 951. The summed E-state index contributed by atoms with van der Waals surface area (Å²) in [5.74, 6) is 0.469. The third-order valence-electron chi connectivity index (χ3n) is 4.54. The molecular weight excluding hydrogens is 402 g/mol. The van der Waals surface area contributed by atoms with Crippen molar-refractivity contribution in [3.63, 3.8) is 0 Å². The predicted octanol–water partition coefficient (Wildman–Crippen LogP) is 4.78. The van der Waals surface area contributed by atoms with Crippen LogP contribution in [0.1, 0.15) is 25.0 Å². The van der Waals surface area contributed by atoms with E-state index in [2.05, 4.69) is 36.0 Å². The Balaban J connectivity index is 1.76. The Hall–Kier alpha value is -2.64. The molecule has 5 nitrogen and oxygen atoms in total. The quantitative estimate of drug-likeness (QED) is 0.363. The van der Waals surface area contributed by atoms with Crippen molar-refractivity contribution in [1.82, 2.24) is 5.01 Å². The van der Waals surface area contributed by atoms with E-state index in [4.69, 9.17) is 17.0 Å².